The van der Waals surface area contributed by atoms with Crippen molar-refractivity contribution in [1.29, 1.82) is 0 Å². The van der Waals surface area contributed by atoms with Crippen LogP contribution in [0.1, 0.15) is 37.7 Å². The lowest BCUT2D eigenvalue weighted by molar-refractivity contribution is -0.135. The van der Waals surface area contributed by atoms with Crippen molar-refractivity contribution in [3.05, 3.63) is 35.6 Å². The molecule has 1 aromatic carbocycles. The van der Waals surface area contributed by atoms with Gasteiger partial charge < -0.3 is 10.1 Å². The Morgan fingerprint density at radius 3 is 3.00 bits per heavy atom. The monoisotopic (exact) mass is 263 g/mol. The summed E-state index contributed by atoms with van der Waals surface area (Å²) in [4.78, 5) is 0. The molecule has 1 unspecified atom stereocenters. The van der Waals surface area contributed by atoms with Crippen LogP contribution >= 0.6 is 0 Å². The SMILES string of the molecule is Fc1cccc(CCNC2CCOC3(CCC3)C2)c1. The topological polar surface area (TPSA) is 21.3 Å². The summed E-state index contributed by atoms with van der Waals surface area (Å²) < 4.78 is 19.0. The smallest absolute Gasteiger partial charge is 0.123 e. The minimum atomic E-state index is -0.142. The van der Waals surface area contributed by atoms with E-state index in [-0.39, 0.29) is 11.4 Å². The molecule has 1 saturated carbocycles. The van der Waals surface area contributed by atoms with E-state index in [0.29, 0.717) is 6.04 Å². The Labute approximate surface area is 114 Å². The first-order valence-corrected chi connectivity index (χ1v) is 7.38. The normalized spacial score (nSPS) is 25.2. The van der Waals surface area contributed by atoms with Crippen LogP contribution in [0.2, 0.25) is 0 Å². The van der Waals surface area contributed by atoms with Gasteiger partial charge in [-0.1, -0.05) is 12.1 Å². The van der Waals surface area contributed by atoms with Crippen molar-refractivity contribution in [3.8, 4) is 0 Å². The highest BCUT2D eigenvalue weighted by Gasteiger charge is 2.42. The highest BCUT2D eigenvalue weighted by atomic mass is 19.1. The quantitative estimate of drug-likeness (QED) is 0.901. The Morgan fingerprint density at radius 1 is 1.37 bits per heavy atom. The highest BCUT2D eigenvalue weighted by Crippen LogP contribution is 2.42. The summed E-state index contributed by atoms with van der Waals surface area (Å²) in [6.07, 6.45) is 6.92. The Kier molecular flexibility index (Phi) is 3.85. The van der Waals surface area contributed by atoms with Crippen molar-refractivity contribution in [2.45, 2.75) is 50.2 Å². The van der Waals surface area contributed by atoms with E-state index >= 15 is 0 Å². The molecular formula is C16H22FNO. The summed E-state index contributed by atoms with van der Waals surface area (Å²) in [7, 11) is 0. The second kappa shape index (κ2) is 5.59. The molecule has 0 aromatic heterocycles. The van der Waals surface area contributed by atoms with E-state index in [9.17, 15) is 4.39 Å². The maximum absolute atomic E-state index is 13.1. The molecule has 1 spiro atoms. The second-order valence-corrected chi connectivity index (χ2v) is 5.91. The average molecular weight is 263 g/mol. The Hall–Kier alpha value is -0.930. The number of hydrogen-bond donors (Lipinski definition) is 1. The van der Waals surface area contributed by atoms with E-state index in [1.54, 1.807) is 12.1 Å². The zero-order chi connectivity index (χ0) is 13.1. The summed E-state index contributed by atoms with van der Waals surface area (Å²) in [6.45, 7) is 1.81. The molecule has 1 heterocycles. The molecular weight excluding hydrogens is 241 g/mol. The van der Waals surface area contributed by atoms with Crippen LogP contribution in [0.25, 0.3) is 0 Å². The third-order valence-electron chi connectivity index (χ3n) is 4.49. The molecule has 1 aliphatic carbocycles. The molecule has 0 amide bonds. The number of ether oxygens (including phenoxy) is 1. The minimum Gasteiger partial charge on any atom is -0.375 e. The lowest BCUT2D eigenvalue weighted by Gasteiger charge is -2.47. The molecule has 104 valence electrons. The second-order valence-electron chi connectivity index (χ2n) is 5.91. The van der Waals surface area contributed by atoms with Crippen molar-refractivity contribution in [3.63, 3.8) is 0 Å². The fourth-order valence-corrected chi connectivity index (χ4v) is 3.23. The van der Waals surface area contributed by atoms with Crippen LogP contribution < -0.4 is 5.32 Å². The van der Waals surface area contributed by atoms with Crippen LogP contribution in [0.3, 0.4) is 0 Å². The number of rotatable bonds is 4. The molecule has 0 radical (unpaired) electrons. The fourth-order valence-electron chi connectivity index (χ4n) is 3.23. The lowest BCUT2D eigenvalue weighted by Crippen LogP contribution is -2.51. The van der Waals surface area contributed by atoms with Crippen LogP contribution in [0, 0.1) is 5.82 Å². The Balaban J connectivity index is 1.44. The molecule has 3 rings (SSSR count). The molecule has 2 fully saturated rings. The number of halogens is 1. The minimum absolute atomic E-state index is 0.142. The van der Waals surface area contributed by atoms with Crippen LogP contribution in [0.5, 0.6) is 0 Å². The number of hydrogen-bond acceptors (Lipinski definition) is 2. The van der Waals surface area contributed by atoms with E-state index in [2.05, 4.69) is 5.32 Å². The molecule has 1 saturated heterocycles. The van der Waals surface area contributed by atoms with Gasteiger partial charge in [-0.2, -0.15) is 0 Å². The van der Waals surface area contributed by atoms with Crippen molar-refractivity contribution in [2.75, 3.05) is 13.2 Å². The van der Waals surface area contributed by atoms with Gasteiger partial charge in [-0.15, -0.1) is 0 Å². The van der Waals surface area contributed by atoms with Crippen LogP contribution in [-0.2, 0) is 11.2 Å². The van der Waals surface area contributed by atoms with Gasteiger partial charge in [0.15, 0.2) is 0 Å². The van der Waals surface area contributed by atoms with Crippen molar-refractivity contribution in [1.82, 2.24) is 5.32 Å². The molecule has 1 atom stereocenters. The van der Waals surface area contributed by atoms with Gasteiger partial charge in [0.05, 0.1) is 5.60 Å². The third kappa shape index (κ3) is 3.15. The Morgan fingerprint density at radius 2 is 2.26 bits per heavy atom. The number of benzene rings is 1. The number of nitrogens with one attached hydrogen (secondary N) is 1. The van der Waals surface area contributed by atoms with Gasteiger partial charge in [-0.3, -0.25) is 0 Å². The molecule has 2 aliphatic rings. The van der Waals surface area contributed by atoms with Gasteiger partial charge >= 0.3 is 0 Å². The molecule has 1 aromatic rings. The molecule has 1 aliphatic heterocycles. The van der Waals surface area contributed by atoms with Gasteiger partial charge in [-0.25, -0.2) is 4.39 Å². The summed E-state index contributed by atoms with van der Waals surface area (Å²) in [6, 6.07) is 7.46. The van der Waals surface area contributed by atoms with Crippen LogP contribution in [0.15, 0.2) is 24.3 Å². The van der Waals surface area contributed by atoms with Gasteiger partial charge in [-0.05, 0) is 62.8 Å². The van der Waals surface area contributed by atoms with Crippen molar-refractivity contribution in [2.24, 2.45) is 0 Å². The first-order valence-electron chi connectivity index (χ1n) is 7.38. The maximum Gasteiger partial charge on any atom is 0.123 e. The molecule has 2 nitrogen and oxygen atoms in total. The molecule has 0 bridgehead atoms. The molecule has 3 heteroatoms. The first-order chi connectivity index (χ1) is 9.26. The summed E-state index contributed by atoms with van der Waals surface area (Å²) in [5, 5.41) is 3.61. The average Bonchev–Trinajstić information content (AvgIpc) is 2.37. The lowest BCUT2D eigenvalue weighted by atomic mass is 9.74. The standard InChI is InChI=1S/C16H22FNO/c17-14-4-1-3-13(11-14)5-9-18-15-6-10-19-16(12-15)7-2-8-16/h1,3-4,11,15,18H,2,5-10,12H2. The molecule has 1 N–H and O–H groups in total. The summed E-state index contributed by atoms with van der Waals surface area (Å²) in [5.74, 6) is -0.142. The van der Waals surface area contributed by atoms with Gasteiger partial charge in [0.2, 0.25) is 0 Å². The van der Waals surface area contributed by atoms with Crippen LogP contribution in [0.4, 0.5) is 4.39 Å². The van der Waals surface area contributed by atoms with Crippen molar-refractivity contribution >= 4 is 0 Å². The van der Waals surface area contributed by atoms with E-state index in [1.165, 1.54) is 25.3 Å². The summed E-state index contributed by atoms with van der Waals surface area (Å²) >= 11 is 0. The molecule has 19 heavy (non-hydrogen) atoms. The third-order valence-corrected chi connectivity index (χ3v) is 4.49. The zero-order valence-corrected chi connectivity index (χ0v) is 11.3. The van der Waals surface area contributed by atoms with E-state index in [4.69, 9.17) is 4.74 Å². The largest absolute Gasteiger partial charge is 0.375 e. The van der Waals surface area contributed by atoms with Gasteiger partial charge in [0.25, 0.3) is 0 Å². The first kappa shape index (κ1) is 13.1. The highest BCUT2D eigenvalue weighted by molar-refractivity contribution is 5.16. The van der Waals surface area contributed by atoms with Gasteiger partial charge in [0, 0.05) is 12.6 Å². The zero-order valence-electron chi connectivity index (χ0n) is 11.3. The van der Waals surface area contributed by atoms with E-state index in [1.807, 2.05) is 6.07 Å². The fraction of sp³-hybridized carbons (Fsp3) is 0.625. The van der Waals surface area contributed by atoms with E-state index < -0.39 is 0 Å². The maximum atomic E-state index is 13.1. The Bertz CT molecular complexity index is 431. The van der Waals surface area contributed by atoms with Crippen molar-refractivity contribution < 1.29 is 9.13 Å². The predicted octanol–water partition coefficient (Wildman–Crippen LogP) is 3.06. The predicted molar refractivity (Wildman–Crippen MR) is 73.7 cm³/mol. The van der Waals surface area contributed by atoms with Crippen LogP contribution in [-0.4, -0.2) is 24.8 Å². The van der Waals surface area contributed by atoms with E-state index in [0.717, 1.165) is 38.0 Å². The summed E-state index contributed by atoms with van der Waals surface area (Å²) in [5.41, 5.74) is 1.27. The van der Waals surface area contributed by atoms with Gasteiger partial charge in [0.1, 0.15) is 5.82 Å².